The first-order valence-corrected chi connectivity index (χ1v) is 11.4. The van der Waals surface area contributed by atoms with E-state index in [1.165, 1.54) is 32.4 Å². The van der Waals surface area contributed by atoms with Crippen molar-refractivity contribution in [2.75, 3.05) is 39.1 Å². The fourth-order valence-electron chi connectivity index (χ4n) is 3.62. The van der Waals surface area contributed by atoms with Crippen molar-refractivity contribution in [2.45, 2.75) is 29.6 Å². The topological polar surface area (TPSA) is 97.3 Å². The first-order valence-electron chi connectivity index (χ1n) is 9.92. The van der Waals surface area contributed by atoms with Crippen molar-refractivity contribution in [3.63, 3.8) is 0 Å². The molecular weight excluding hydrogens is 465 g/mol. The summed E-state index contributed by atoms with van der Waals surface area (Å²) >= 11 is 0. The SMILES string of the molecule is COc1ccc(S(=O)(=O)Nc2ccc(C(F)(F)F)c(OC3C[C@@H](CO)N(C)C3)c2)cc1OC. The van der Waals surface area contributed by atoms with Gasteiger partial charge < -0.3 is 19.3 Å². The van der Waals surface area contributed by atoms with Gasteiger partial charge in [-0.25, -0.2) is 8.42 Å². The average molecular weight is 491 g/mol. The van der Waals surface area contributed by atoms with Crippen LogP contribution in [0.5, 0.6) is 17.2 Å². The third kappa shape index (κ3) is 5.63. The normalized spacial score (nSPS) is 19.4. The van der Waals surface area contributed by atoms with Gasteiger partial charge in [0.2, 0.25) is 0 Å². The quantitative estimate of drug-likeness (QED) is 0.587. The van der Waals surface area contributed by atoms with E-state index < -0.39 is 33.6 Å². The molecule has 2 aromatic rings. The van der Waals surface area contributed by atoms with Crippen molar-refractivity contribution in [3.8, 4) is 17.2 Å². The first kappa shape index (κ1) is 24.9. The van der Waals surface area contributed by atoms with Crippen molar-refractivity contribution < 1.29 is 40.9 Å². The number of nitrogens with one attached hydrogen (secondary N) is 1. The number of methoxy groups -OCH3 is 2. The van der Waals surface area contributed by atoms with Crippen molar-refractivity contribution in [1.82, 2.24) is 4.90 Å². The predicted octanol–water partition coefficient (Wildman–Crippen LogP) is 2.97. The molecule has 1 unspecified atom stereocenters. The summed E-state index contributed by atoms with van der Waals surface area (Å²) in [5, 5.41) is 9.38. The average Bonchev–Trinajstić information content (AvgIpc) is 3.11. The Morgan fingerprint density at radius 1 is 1.09 bits per heavy atom. The number of ether oxygens (including phenoxy) is 3. The van der Waals surface area contributed by atoms with Crippen LogP contribution in [0.2, 0.25) is 0 Å². The van der Waals surface area contributed by atoms with Gasteiger partial charge in [0, 0.05) is 31.1 Å². The lowest BCUT2D eigenvalue weighted by atomic mass is 10.1. The van der Waals surface area contributed by atoms with E-state index in [1.807, 2.05) is 0 Å². The highest BCUT2D eigenvalue weighted by atomic mass is 32.2. The molecular formula is C21H25F3N2O6S. The summed E-state index contributed by atoms with van der Waals surface area (Å²) in [6, 6.07) is 6.50. The number of anilines is 1. The Kier molecular flexibility index (Phi) is 7.29. The lowest BCUT2D eigenvalue weighted by Gasteiger charge is -2.19. The van der Waals surface area contributed by atoms with E-state index in [1.54, 1.807) is 11.9 Å². The Morgan fingerprint density at radius 2 is 1.79 bits per heavy atom. The number of halogens is 3. The van der Waals surface area contributed by atoms with Gasteiger partial charge in [0.1, 0.15) is 11.9 Å². The maximum absolute atomic E-state index is 13.5. The summed E-state index contributed by atoms with van der Waals surface area (Å²) in [4.78, 5) is 1.63. The minimum atomic E-state index is -4.70. The molecule has 0 aromatic heterocycles. The van der Waals surface area contributed by atoms with Gasteiger partial charge >= 0.3 is 6.18 Å². The molecule has 0 radical (unpaired) electrons. The van der Waals surface area contributed by atoms with Crippen molar-refractivity contribution in [2.24, 2.45) is 0 Å². The number of alkyl halides is 3. The summed E-state index contributed by atoms with van der Waals surface area (Å²) in [5.74, 6) is 0.0111. The van der Waals surface area contributed by atoms with Gasteiger partial charge in [-0.05, 0) is 31.3 Å². The Morgan fingerprint density at radius 3 is 2.36 bits per heavy atom. The molecule has 2 atom stereocenters. The van der Waals surface area contributed by atoms with Crippen LogP contribution in [0.15, 0.2) is 41.3 Å². The zero-order valence-corrected chi connectivity index (χ0v) is 19.0. The maximum Gasteiger partial charge on any atom is 0.419 e. The van der Waals surface area contributed by atoms with Crippen LogP contribution in [0.4, 0.5) is 18.9 Å². The van der Waals surface area contributed by atoms with Crippen LogP contribution in [-0.2, 0) is 16.2 Å². The molecule has 0 bridgehead atoms. The molecule has 182 valence electrons. The third-order valence-corrected chi connectivity index (χ3v) is 6.74. The summed E-state index contributed by atoms with van der Waals surface area (Å²) < 4.78 is 84.4. The van der Waals surface area contributed by atoms with Crippen LogP contribution in [0.25, 0.3) is 0 Å². The van der Waals surface area contributed by atoms with E-state index in [9.17, 15) is 26.7 Å². The number of rotatable bonds is 8. The molecule has 2 aromatic carbocycles. The van der Waals surface area contributed by atoms with E-state index >= 15 is 0 Å². The van der Waals surface area contributed by atoms with Gasteiger partial charge in [-0.1, -0.05) is 0 Å². The van der Waals surface area contributed by atoms with E-state index in [0.29, 0.717) is 18.7 Å². The minimum absolute atomic E-state index is 0.0992. The van der Waals surface area contributed by atoms with Crippen LogP contribution in [0.1, 0.15) is 12.0 Å². The first-order chi connectivity index (χ1) is 15.5. The number of nitrogens with zero attached hydrogens (tertiary/aromatic N) is 1. The summed E-state index contributed by atoms with van der Waals surface area (Å²) in [7, 11) is 0.342. The second-order valence-electron chi connectivity index (χ2n) is 7.58. The number of hydrogen-bond donors (Lipinski definition) is 2. The lowest BCUT2D eigenvalue weighted by molar-refractivity contribution is -0.139. The second-order valence-corrected chi connectivity index (χ2v) is 9.26. The fraction of sp³-hybridized carbons (Fsp3) is 0.429. The number of sulfonamides is 1. The highest BCUT2D eigenvalue weighted by Crippen LogP contribution is 2.39. The second kappa shape index (κ2) is 9.65. The third-order valence-electron chi connectivity index (χ3n) is 5.36. The van der Waals surface area contributed by atoms with Gasteiger partial charge in [0.05, 0.1) is 37.0 Å². The molecule has 8 nitrogen and oxygen atoms in total. The lowest BCUT2D eigenvalue weighted by Crippen LogP contribution is -2.28. The van der Waals surface area contributed by atoms with E-state index in [2.05, 4.69) is 4.72 Å². The predicted molar refractivity (Wildman–Crippen MR) is 114 cm³/mol. The highest BCUT2D eigenvalue weighted by molar-refractivity contribution is 7.92. The van der Waals surface area contributed by atoms with E-state index in [4.69, 9.17) is 14.2 Å². The standard InChI is InChI=1S/C21H25F3N2O6S/c1-26-11-15(9-14(26)12-27)32-19-8-13(4-6-17(19)21(22,23)24)25-33(28,29)16-5-7-18(30-2)20(10-16)31-3/h4-8,10,14-15,25,27H,9,11-12H2,1-3H3/t14-,15?/m0/s1. The summed E-state index contributed by atoms with van der Waals surface area (Å²) in [5.41, 5.74) is -1.12. The zero-order valence-electron chi connectivity index (χ0n) is 18.2. The number of likely N-dealkylation sites (N-methyl/N-ethyl adjacent to an activating group) is 1. The minimum Gasteiger partial charge on any atom is -0.493 e. The van der Waals surface area contributed by atoms with Gasteiger partial charge in [-0.3, -0.25) is 9.62 Å². The number of aliphatic hydroxyl groups excluding tert-OH is 1. The van der Waals surface area contributed by atoms with Crippen LogP contribution < -0.4 is 18.9 Å². The molecule has 1 saturated heterocycles. The van der Waals surface area contributed by atoms with Crippen LogP contribution >= 0.6 is 0 Å². The molecule has 1 aliphatic heterocycles. The number of aliphatic hydroxyl groups is 1. The van der Waals surface area contributed by atoms with Crippen LogP contribution in [0.3, 0.4) is 0 Å². The van der Waals surface area contributed by atoms with Gasteiger partial charge in [-0.15, -0.1) is 0 Å². The number of likely N-dealkylation sites (tertiary alicyclic amines) is 1. The molecule has 0 saturated carbocycles. The van der Waals surface area contributed by atoms with Gasteiger partial charge in [0.25, 0.3) is 10.0 Å². The molecule has 0 spiro atoms. The molecule has 3 rings (SSSR count). The monoisotopic (exact) mass is 490 g/mol. The highest BCUT2D eigenvalue weighted by Gasteiger charge is 2.37. The molecule has 33 heavy (non-hydrogen) atoms. The van der Waals surface area contributed by atoms with E-state index in [-0.39, 0.29) is 29.0 Å². The van der Waals surface area contributed by atoms with Crippen molar-refractivity contribution in [1.29, 1.82) is 0 Å². The molecule has 2 N–H and O–H groups in total. The molecule has 0 aliphatic carbocycles. The Labute approximate surface area is 189 Å². The zero-order chi connectivity index (χ0) is 24.4. The maximum atomic E-state index is 13.5. The molecule has 12 heteroatoms. The van der Waals surface area contributed by atoms with Gasteiger partial charge in [0.15, 0.2) is 11.5 Å². The Hall–Kier alpha value is -2.70. The Balaban J connectivity index is 1.90. The summed E-state index contributed by atoms with van der Waals surface area (Å²) in [6.45, 7) is 0.178. The molecule has 1 heterocycles. The van der Waals surface area contributed by atoms with E-state index in [0.717, 1.165) is 18.2 Å². The molecule has 0 amide bonds. The van der Waals surface area contributed by atoms with Crippen LogP contribution in [0, 0.1) is 0 Å². The van der Waals surface area contributed by atoms with Crippen LogP contribution in [-0.4, -0.2) is 65.0 Å². The smallest absolute Gasteiger partial charge is 0.419 e. The fourth-order valence-corrected chi connectivity index (χ4v) is 4.69. The number of hydrogen-bond acceptors (Lipinski definition) is 7. The van der Waals surface area contributed by atoms with Gasteiger partial charge in [-0.2, -0.15) is 13.2 Å². The molecule has 1 aliphatic rings. The Bertz CT molecular complexity index is 1090. The molecule has 1 fully saturated rings. The largest absolute Gasteiger partial charge is 0.493 e. The number of benzene rings is 2. The van der Waals surface area contributed by atoms with Crippen molar-refractivity contribution in [3.05, 3.63) is 42.0 Å². The van der Waals surface area contributed by atoms with Crippen molar-refractivity contribution >= 4 is 15.7 Å². The summed E-state index contributed by atoms with van der Waals surface area (Å²) in [6.07, 6.45) is -4.95.